The van der Waals surface area contributed by atoms with Crippen molar-refractivity contribution in [1.29, 1.82) is 0 Å². The highest BCUT2D eigenvalue weighted by molar-refractivity contribution is 7.10. The topological polar surface area (TPSA) is 30.5 Å². The fourth-order valence-electron chi connectivity index (χ4n) is 2.56. The zero-order chi connectivity index (χ0) is 14.1. The van der Waals surface area contributed by atoms with Gasteiger partial charge in [0, 0.05) is 27.3 Å². The summed E-state index contributed by atoms with van der Waals surface area (Å²) in [7, 11) is 3.62. The predicted molar refractivity (Wildman–Crippen MR) is 82.4 cm³/mol. The Morgan fingerprint density at radius 2 is 2.25 bits per heavy atom. The summed E-state index contributed by atoms with van der Waals surface area (Å²) < 4.78 is 11.1. The molecule has 1 N–H and O–H groups in total. The van der Waals surface area contributed by atoms with Crippen LogP contribution in [0.4, 0.5) is 0 Å². The second-order valence-electron chi connectivity index (χ2n) is 4.69. The van der Waals surface area contributed by atoms with Gasteiger partial charge in [-0.15, -0.1) is 11.3 Å². The molecule has 0 saturated heterocycles. The van der Waals surface area contributed by atoms with Crippen LogP contribution in [0.15, 0.2) is 23.6 Å². The lowest BCUT2D eigenvalue weighted by atomic mass is 10.0. The standard InChI is InChI=1S/C15H16ClNO2S/c1-17-14(13-7-11(18-2)8-20-13)12-6-10(16)5-9-3-4-19-15(9)12/h5-8,14,17H,3-4H2,1-2H3. The molecule has 20 heavy (non-hydrogen) atoms. The van der Waals surface area contributed by atoms with E-state index in [2.05, 4.69) is 5.32 Å². The summed E-state index contributed by atoms with van der Waals surface area (Å²) in [6.07, 6.45) is 0.924. The van der Waals surface area contributed by atoms with E-state index in [9.17, 15) is 0 Å². The molecule has 3 nitrogen and oxygen atoms in total. The monoisotopic (exact) mass is 309 g/mol. The Morgan fingerprint density at radius 1 is 1.40 bits per heavy atom. The molecule has 2 heterocycles. The van der Waals surface area contributed by atoms with Crippen LogP contribution in [0.25, 0.3) is 0 Å². The van der Waals surface area contributed by atoms with Crippen molar-refractivity contribution in [2.75, 3.05) is 20.8 Å². The molecule has 0 bridgehead atoms. The lowest BCUT2D eigenvalue weighted by molar-refractivity contribution is 0.351. The summed E-state index contributed by atoms with van der Waals surface area (Å²) >= 11 is 7.91. The number of methoxy groups -OCH3 is 1. The molecule has 1 unspecified atom stereocenters. The number of ether oxygens (including phenoxy) is 2. The van der Waals surface area contributed by atoms with E-state index >= 15 is 0 Å². The number of benzene rings is 1. The molecule has 1 aromatic heterocycles. The van der Waals surface area contributed by atoms with Crippen molar-refractivity contribution >= 4 is 22.9 Å². The minimum Gasteiger partial charge on any atom is -0.496 e. The molecule has 106 valence electrons. The highest BCUT2D eigenvalue weighted by Crippen LogP contribution is 2.40. The minimum absolute atomic E-state index is 0.0643. The van der Waals surface area contributed by atoms with Gasteiger partial charge < -0.3 is 14.8 Å². The lowest BCUT2D eigenvalue weighted by Gasteiger charge is -2.18. The van der Waals surface area contributed by atoms with Gasteiger partial charge >= 0.3 is 0 Å². The molecule has 2 aromatic rings. The van der Waals surface area contributed by atoms with E-state index in [0.29, 0.717) is 0 Å². The summed E-state index contributed by atoms with van der Waals surface area (Å²) in [4.78, 5) is 1.18. The molecular formula is C15H16ClNO2S. The normalized spacial score (nSPS) is 14.8. The highest BCUT2D eigenvalue weighted by atomic mass is 35.5. The molecule has 1 aromatic carbocycles. The minimum atomic E-state index is 0.0643. The third kappa shape index (κ3) is 2.39. The molecule has 0 amide bonds. The van der Waals surface area contributed by atoms with Gasteiger partial charge in [0.05, 0.1) is 19.8 Å². The Labute approximate surface area is 127 Å². The Bertz CT molecular complexity index is 626. The number of hydrogen-bond donors (Lipinski definition) is 1. The number of rotatable bonds is 4. The summed E-state index contributed by atoms with van der Waals surface area (Å²) in [5, 5.41) is 6.11. The molecule has 5 heteroatoms. The van der Waals surface area contributed by atoms with Gasteiger partial charge in [-0.1, -0.05) is 11.6 Å². The van der Waals surface area contributed by atoms with Crippen LogP contribution >= 0.6 is 22.9 Å². The van der Waals surface area contributed by atoms with Crippen molar-refractivity contribution in [1.82, 2.24) is 5.32 Å². The van der Waals surface area contributed by atoms with Gasteiger partial charge in [0.25, 0.3) is 0 Å². The number of thiophene rings is 1. The Hall–Kier alpha value is -1.23. The fourth-order valence-corrected chi connectivity index (χ4v) is 3.79. The maximum Gasteiger partial charge on any atom is 0.129 e. The summed E-state index contributed by atoms with van der Waals surface area (Å²) in [5.41, 5.74) is 2.29. The van der Waals surface area contributed by atoms with E-state index in [1.54, 1.807) is 18.4 Å². The first-order valence-electron chi connectivity index (χ1n) is 6.47. The number of halogens is 1. The maximum absolute atomic E-state index is 6.24. The molecule has 3 rings (SSSR count). The van der Waals surface area contributed by atoms with Gasteiger partial charge in [-0.2, -0.15) is 0 Å². The molecule has 1 aliphatic heterocycles. The Kier molecular flexibility index (Phi) is 3.87. The van der Waals surface area contributed by atoms with Crippen LogP contribution < -0.4 is 14.8 Å². The second-order valence-corrected chi connectivity index (χ2v) is 6.07. The van der Waals surface area contributed by atoms with Gasteiger partial charge in [-0.3, -0.25) is 0 Å². The van der Waals surface area contributed by atoms with Crippen LogP contribution in [0.5, 0.6) is 11.5 Å². The average Bonchev–Trinajstić information content (AvgIpc) is 3.07. The molecule has 1 aliphatic rings. The van der Waals surface area contributed by atoms with E-state index in [1.807, 2.05) is 30.6 Å². The van der Waals surface area contributed by atoms with Gasteiger partial charge in [0.1, 0.15) is 11.5 Å². The first kappa shape index (κ1) is 13.7. The van der Waals surface area contributed by atoms with Gasteiger partial charge in [-0.25, -0.2) is 0 Å². The smallest absolute Gasteiger partial charge is 0.129 e. The molecule has 0 saturated carbocycles. The van der Waals surface area contributed by atoms with Gasteiger partial charge in [-0.05, 0) is 30.8 Å². The molecule has 0 aliphatic carbocycles. The largest absolute Gasteiger partial charge is 0.496 e. The van der Waals surface area contributed by atoms with E-state index in [1.165, 1.54) is 10.4 Å². The van der Waals surface area contributed by atoms with Crippen LogP contribution in [0.1, 0.15) is 22.0 Å². The van der Waals surface area contributed by atoms with E-state index in [0.717, 1.165) is 35.1 Å². The Morgan fingerprint density at radius 3 is 2.95 bits per heavy atom. The molecule has 0 radical (unpaired) electrons. The molecular weight excluding hydrogens is 294 g/mol. The number of fused-ring (bicyclic) bond motifs is 1. The maximum atomic E-state index is 6.24. The van der Waals surface area contributed by atoms with E-state index < -0.39 is 0 Å². The zero-order valence-corrected chi connectivity index (χ0v) is 13.0. The fraction of sp³-hybridized carbons (Fsp3) is 0.333. The SMILES string of the molecule is CNC(c1cc(OC)cs1)c1cc(Cl)cc2c1OCC2. The van der Waals surface area contributed by atoms with Crippen molar-refractivity contribution in [3.8, 4) is 11.5 Å². The molecule has 0 fully saturated rings. The van der Waals surface area contributed by atoms with Crippen molar-refractivity contribution < 1.29 is 9.47 Å². The number of hydrogen-bond acceptors (Lipinski definition) is 4. The van der Waals surface area contributed by atoms with E-state index in [4.69, 9.17) is 21.1 Å². The highest BCUT2D eigenvalue weighted by Gasteiger charge is 2.24. The number of nitrogens with one attached hydrogen (secondary N) is 1. The third-order valence-corrected chi connectivity index (χ3v) is 4.69. The summed E-state index contributed by atoms with van der Waals surface area (Å²) in [6, 6.07) is 6.09. The Balaban J connectivity index is 2.05. The quantitative estimate of drug-likeness (QED) is 0.935. The van der Waals surface area contributed by atoms with Crippen LogP contribution in [0.3, 0.4) is 0 Å². The summed E-state index contributed by atoms with van der Waals surface area (Å²) in [5.74, 6) is 1.85. The second kappa shape index (κ2) is 5.64. The predicted octanol–water partition coefficient (Wildman–Crippen LogP) is 3.65. The van der Waals surface area contributed by atoms with Crippen molar-refractivity contribution in [2.24, 2.45) is 0 Å². The van der Waals surface area contributed by atoms with Gasteiger partial charge in [0.15, 0.2) is 0 Å². The molecule has 0 spiro atoms. The van der Waals surface area contributed by atoms with Crippen LogP contribution in [-0.4, -0.2) is 20.8 Å². The first-order chi connectivity index (χ1) is 9.72. The van der Waals surface area contributed by atoms with Crippen LogP contribution in [0.2, 0.25) is 5.02 Å². The zero-order valence-electron chi connectivity index (χ0n) is 11.4. The van der Waals surface area contributed by atoms with Crippen LogP contribution in [-0.2, 0) is 6.42 Å². The first-order valence-corrected chi connectivity index (χ1v) is 7.73. The third-order valence-electron chi connectivity index (χ3n) is 3.49. The van der Waals surface area contributed by atoms with E-state index in [-0.39, 0.29) is 6.04 Å². The lowest BCUT2D eigenvalue weighted by Crippen LogP contribution is -2.17. The molecule has 1 atom stereocenters. The van der Waals surface area contributed by atoms with Crippen LogP contribution in [0, 0.1) is 0 Å². The van der Waals surface area contributed by atoms with Crippen molar-refractivity contribution in [3.05, 3.63) is 44.6 Å². The van der Waals surface area contributed by atoms with Crippen molar-refractivity contribution in [2.45, 2.75) is 12.5 Å². The average molecular weight is 310 g/mol. The summed E-state index contributed by atoms with van der Waals surface area (Å²) in [6.45, 7) is 0.729. The van der Waals surface area contributed by atoms with Crippen molar-refractivity contribution in [3.63, 3.8) is 0 Å². The van der Waals surface area contributed by atoms with Gasteiger partial charge in [0.2, 0.25) is 0 Å².